The number of nitrogens with two attached hydrogens (primary N) is 1. The normalized spacial score (nSPS) is 11.1. The SMILES string of the molecule is Cc1cc(OCc2ccc(F)cc2F)c(Br)c(=O)n1Cc1cnc(CNC(C)(C)C(N)=O)cn1.Cl. The average Bonchev–Trinajstić information content (AvgIpc) is 2.78. The van der Waals surface area contributed by atoms with Crippen LogP contribution in [0.5, 0.6) is 5.75 Å². The number of benzene rings is 1. The number of hydrogen-bond acceptors (Lipinski definition) is 6. The number of primary amides is 1. The highest BCUT2D eigenvalue weighted by Gasteiger charge is 2.24. The molecule has 0 bridgehead atoms. The van der Waals surface area contributed by atoms with E-state index in [1.54, 1.807) is 39.2 Å². The second-order valence-corrected chi connectivity index (χ2v) is 9.01. The molecule has 0 fully saturated rings. The molecule has 0 aliphatic heterocycles. The van der Waals surface area contributed by atoms with Gasteiger partial charge < -0.3 is 15.0 Å². The Morgan fingerprint density at radius 1 is 1.20 bits per heavy atom. The zero-order chi connectivity index (χ0) is 25.0. The van der Waals surface area contributed by atoms with Gasteiger partial charge in [0.05, 0.1) is 35.9 Å². The molecule has 3 N–H and O–H groups in total. The number of pyridine rings is 1. The van der Waals surface area contributed by atoms with Crippen molar-refractivity contribution in [2.45, 2.75) is 46.0 Å². The molecule has 3 aromatic rings. The summed E-state index contributed by atoms with van der Waals surface area (Å²) in [6, 6.07) is 4.85. The number of amides is 1. The first kappa shape index (κ1) is 28.3. The van der Waals surface area contributed by atoms with Gasteiger partial charge in [-0.25, -0.2) is 8.78 Å². The Balaban J connectivity index is 0.00000432. The van der Waals surface area contributed by atoms with E-state index in [0.717, 1.165) is 12.1 Å². The van der Waals surface area contributed by atoms with E-state index < -0.39 is 23.1 Å². The fraction of sp³-hybridized carbons (Fsp3) is 0.304. The van der Waals surface area contributed by atoms with Crippen molar-refractivity contribution in [1.82, 2.24) is 19.9 Å². The van der Waals surface area contributed by atoms with Crippen LogP contribution >= 0.6 is 28.3 Å². The van der Waals surface area contributed by atoms with Crippen LogP contribution in [0.1, 0.15) is 36.5 Å². The van der Waals surface area contributed by atoms with E-state index in [1.165, 1.54) is 10.6 Å². The molecule has 35 heavy (non-hydrogen) atoms. The summed E-state index contributed by atoms with van der Waals surface area (Å²) in [5.74, 6) is -1.64. The molecule has 0 unspecified atom stereocenters. The summed E-state index contributed by atoms with van der Waals surface area (Å²) in [5.41, 5.74) is 6.03. The van der Waals surface area contributed by atoms with E-state index in [2.05, 4.69) is 31.2 Å². The minimum absolute atomic E-state index is 0. The van der Waals surface area contributed by atoms with Gasteiger partial charge >= 0.3 is 0 Å². The summed E-state index contributed by atoms with van der Waals surface area (Å²) in [4.78, 5) is 33.0. The highest BCUT2D eigenvalue weighted by atomic mass is 79.9. The van der Waals surface area contributed by atoms with Gasteiger partial charge in [0.1, 0.15) is 28.5 Å². The van der Waals surface area contributed by atoms with E-state index in [4.69, 9.17) is 10.5 Å². The third-order valence-electron chi connectivity index (χ3n) is 5.22. The average molecular weight is 573 g/mol. The van der Waals surface area contributed by atoms with E-state index >= 15 is 0 Å². The lowest BCUT2D eigenvalue weighted by Crippen LogP contribution is -2.50. The molecule has 188 valence electrons. The molecule has 2 heterocycles. The number of aryl methyl sites for hydroxylation is 1. The van der Waals surface area contributed by atoms with Crippen LogP contribution in [-0.2, 0) is 24.5 Å². The van der Waals surface area contributed by atoms with Gasteiger partial charge in [-0.2, -0.15) is 0 Å². The molecule has 0 aliphatic carbocycles. The zero-order valence-corrected chi connectivity index (χ0v) is 21.7. The van der Waals surface area contributed by atoms with E-state index in [-0.39, 0.29) is 46.9 Å². The van der Waals surface area contributed by atoms with Gasteiger partial charge in [0.2, 0.25) is 5.91 Å². The van der Waals surface area contributed by atoms with Gasteiger partial charge in [-0.1, -0.05) is 0 Å². The molecule has 1 aromatic carbocycles. The minimum atomic E-state index is -0.886. The topological polar surface area (TPSA) is 112 Å². The molecule has 0 aliphatic rings. The zero-order valence-electron chi connectivity index (χ0n) is 19.3. The maximum absolute atomic E-state index is 13.9. The van der Waals surface area contributed by atoms with Gasteiger partial charge in [-0.15, -0.1) is 12.4 Å². The number of hydrogen-bond donors (Lipinski definition) is 2. The second-order valence-electron chi connectivity index (χ2n) is 8.22. The predicted molar refractivity (Wildman–Crippen MR) is 132 cm³/mol. The van der Waals surface area contributed by atoms with Crippen LogP contribution < -0.4 is 21.3 Å². The van der Waals surface area contributed by atoms with E-state index in [1.807, 2.05) is 0 Å². The van der Waals surface area contributed by atoms with Crippen LogP contribution in [-0.4, -0.2) is 26.0 Å². The fourth-order valence-corrected chi connectivity index (χ4v) is 3.37. The van der Waals surface area contributed by atoms with Gasteiger partial charge in [0.25, 0.3) is 5.56 Å². The molecular formula is C23H25BrClF2N5O3. The van der Waals surface area contributed by atoms with Crippen LogP contribution in [0.3, 0.4) is 0 Å². The molecule has 0 radical (unpaired) electrons. The van der Waals surface area contributed by atoms with Crippen molar-refractivity contribution in [2.24, 2.45) is 5.73 Å². The molecule has 12 heteroatoms. The lowest BCUT2D eigenvalue weighted by Gasteiger charge is -2.21. The summed E-state index contributed by atoms with van der Waals surface area (Å²) < 4.78 is 34.2. The molecule has 0 spiro atoms. The van der Waals surface area contributed by atoms with Crippen molar-refractivity contribution in [2.75, 3.05) is 0 Å². The minimum Gasteiger partial charge on any atom is -0.487 e. The number of carbonyl (C=O) groups excluding carboxylic acids is 1. The largest absolute Gasteiger partial charge is 0.487 e. The van der Waals surface area contributed by atoms with E-state index in [0.29, 0.717) is 23.6 Å². The molecule has 1 amide bonds. The molecular weight excluding hydrogens is 548 g/mol. The van der Waals surface area contributed by atoms with Gasteiger partial charge in [-0.05, 0) is 48.8 Å². The molecule has 0 saturated carbocycles. The molecule has 2 aromatic heterocycles. The smallest absolute Gasteiger partial charge is 0.269 e. The first-order chi connectivity index (χ1) is 16.0. The Morgan fingerprint density at radius 2 is 1.86 bits per heavy atom. The van der Waals surface area contributed by atoms with Crippen molar-refractivity contribution in [3.8, 4) is 5.75 Å². The van der Waals surface area contributed by atoms with Crippen LogP contribution in [0.2, 0.25) is 0 Å². The van der Waals surface area contributed by atoms with Crippen molar-refractivity contribution < 1.29 is 18.3 Å². The molecule has 8 nitrogen and oxygen atoms in total. The summed E-state index contributed by atoms with van der Waals surface area (Å²) >= 11 is 3.25. The number of ether oxygens (including phenoxy) is 1. The molecule has 3 rings (SSSR count). The highest BCUT2D eigenvalue weighted by molar-refractivity contribution is 9.10. The quantitative estimate of drug-likeness (QED) is 0.407. The van der Waals surface area contributed by atoms with Crippen molar-refractivity contribution in [3.63, 3.8) is 0 Å². The summed E-state index contributed by atoms with van der Waals surface area (Å²) in [6.07, 6.45) is 3.11. The maximum Gasteiger partial charge on any atom is 0.269 e. The number of carbonyl (C=O) groups is 1. The monoisotopic (exact) mass is 571 g/mol. The van der Waals surface area contributed by atoms with Gasteiger partial charge in [0, 0.05) is 29.9 Å². The van der Waals surface area contributed by atoms with Crippen LogP contribution in [0.15, 0.2) is 45.9 Å². The Hall–Kier alpha value is -2.89. The fourth-order valence-electron chi connectivity index (χ4n) is 2.93. The van der Waals surface area contributed by atoms with Crippen molar-refractivity contribution in [1.29, 1.82) is 0 Å². The Kier molecular flexibility index (Phi) is 9.47. The second kappa shape index (κ2) is 11.7. The Morgan fingerprint density at radius 3 is 2.46 bits per heavy atom. The molecule has 0 saturated heterocycles. The van der Waals surface area contributed by atoms with Crippen LogP contribution in [0.4, 0.5) is 8.78 Å². The molecule has 0 atom stereocenters. The summed E-state index contributed by atoms with van der Waals surface area (Å²) in [7, 11) is 0. The first-order valence-electron chi connectivity index (χ1n) is 10.3. The van der Waals surface area contributed by atoms with Gasteiger partial charge in [-0.3, -0.25) is 24.9 Å². The number of halogens is 4. The summed E-state index contributed by atoms with van der Waals surface area (Å²) in [6.45, 7) is 5.39. The standard InChI is InChI=1S/C23H24BrF2N5O3.ClH/c1-13-6-19(34-12-14-4-5-15(25)7-18(14)26)20(24)21(32)31(13)11-17-9-28-16(8-29-17)10-30-23(2,3)22(27)33;/h4-9,30H,10-12H2,1-3H3,(H2,27,33);1H. The number of aromatic nitrogens is 3. The van der Waals surface area contributed by atoms with Gasteiger partial charge in [0.15, 0.2) is 0 Å². The third kappa shape index (κ3) is 7.06. The number of rotatable bonds is 9. The first-order valence-corrected chi connectivity index (χ1v) is 11.1. The van der Waals surface area contributed by atoms with Crippen LogP contribution in [0.25, 0.3) is 0 Å². The Labute approximate surface area is 215 Å². The lowest BCUT2D eigenvalue weighted by atomic mass is 10.1. The summed E-state index contributed by atoms with van der Waals surface area (Å²) in [5, 5.41) is 3.01. The maximum atomic E-state index is 13.9. The van der Waals surface area contributed by atoms with E-state index in [9.17, 15) is 18.4 Å². The predicted octanol–water partition coefficient (Wildman–Crippen LogP) is 3.39. The number of nitrogens with zero attached hydrogens (tertiary/aromatic N) is 3. The van der Waals surface area contributed by atoms with Crippen LogP contribution in [0, 0.1) is 18.6 Å². The van der Waals surface area contributed by atoms with Crippen molar-refractivity contribution >= 4 is 34.2 Å². The number of nitrogens with one attached hydrogen (secondary N) is 1. The lowest BCUT2D eigenvalue weighted by molar-refractivity contribution is -0.123. The highest BCUT2D eigenvalue weighted by Crippen LogP contribution is 2.24. The van der Waals surface area contributed by atoms with Crippen molar-refractivity contribution in [3.05, 3.63) is 85.8 Å². The third-order valence-corrected chi connectivity index (χ3v) is 5.95. The Bertz CT molecular complexity index is 1270.